The van der Waals surface area contributed by atoms with Crippen LogP contribution in [0.5, 0.6) is 0 Å². The molecule has 0 aliphatic rings. The fourth-order valence-electron chi connectivity index (χ4n) is 3.38. The van der Waals surface area contributed by atoms with Crippen molar-refractivity contribution in [2.45, 2.75) is 6.85 Å². The molecule has 0 saturated heterocycles. The minimum absolute atomic E-state index is 0.00617. The Kier molecular flexibility index (Phi) is 2.24. The second kappa shape index (κ2) is 6.37. The number of hydrogen-bond donors (Lipinski definition) is 0. The molecule has 3 nitrogen and oxygen atoms in total. The van der Waals surface area contributed by atoms with Gasteiger partial charge in [-0.3, -0.25) is 4.98 Å². The van der Waals surface area contributed by atoms with Crippen LogP contribution in [0.3, 0.4) is 0 Å². The largest absolute Gasteiger partial charge is 0.455 e. The fraction of sp³-hybridized carbons (Fsp3) is 0.0400. The highest BCUT2D eigenvalue weighted by molar-refractivity contribution is 6.14. The molecule has 0 amide bonds. The van der Waals surface area contributed by atoms with E-state index in [-0.39, 0.29) is 38.8 Å². The highest BCUT2D eigenvalue weighted by atomic mass is 16.3. The Morgan fingerprint density at radius 1 is 1.04 bits per heavy atom. The summed E-state index contributed by atoms with van der Waals surface area (Å²) in [5.74, 6) is 0. The van der Waals surface area contributed by atoms with Crippen LogP contribution >= 0.6 is 0 Å². The molecule has 3 heteroatoms. The maximum absolute atomic E-state index is 9.86. The van der Waals surface area contributed by atoms with E-state index in [0.29, 0.717) is 16.6 Å². The summed E-state index contributed by atoms with van der Waals surface area (Å²) in [5.41, 5.74) is 1.16. The van der Waals surface area contributed by atoms with Gasteiger partial charge in [0.15, 0.2) is 0 Å². The summed E-state index contributed by atoms with van der Waals surface area (Å²) in [5, 5.41) is 10.5. The van der Waals surface area contributed by atoms with Crippen molar-refractivity contribution in [2.75, 3.05) is 0 Å². The van der Waals surface area contributed by atoms with Crippen LogP contribution in [-0.4, -0.2) is 4.98 Å². The summed E-state index contributed by atoms with van der Waals surface area (Å²) < 4.78 is 71.5. The number of hydrogen-bond acceptors (Lipinski definition) is 3. The van der Waals surface area contributed by atoms with Crippen molar-refractivity contribution < 1.29 is 15.4 Å². The zero-order valence-corrected chi connectivity index (χ0v) is 14.4. The Labute approximate surface area is 173 Å². The van der Waals surface area contributed by atoms with Crippen LogP contribution in [0, 0.1) is 18.2 Å². The van der Waals surface area contributed by atoms with Gasteiger partial charge in [-0.1, -0.05) is 42.3 Å². The van der Waals surface area contributed by atoms with E-state index in [1.165, 1.54) is 12.1 Å². The van der Waals surface area contributed by atoms with Gasteiger partial charge in [0.2, 0.25) is 0 Å². The van der Waals surface area contributed by atoms with E-state index in [0.717, 1.165) is 0 Å². The first-order valence-corrected chi connectivity index (χ1v) is 8.47. The maximum atomic E-state index is 9.86. The molecule has 3 aromatic carbocycles. The summed E-state index contributed by atoms with van der Waals surface area (Å²) in [6.45, 7) is -2.50. The topological polar surface area (TPSA) is 49.8 Å². The average molecular weight is 368 g/mol. The van der Waals surface area contributed by atoms with Gasteiger partial charge in [-0.25, -0.2) is 0 Å². The second-order valence-corrected chi connectivity index (χ2v) is 6.16. The van der Waals surface area contributed by atoms with E-state index >= 15 is 0 Å². The van der Waals surface area contributed by atoms with E-state index in [2.05, 4.69) is 4.98 Å². The summed E-state index contributed by atoms with van der Waals surface area (Å²) in [6.07, 6.45) is 1.59. The third-order valence-electron chi connectivity index (χ3n) is 4.60. The van der Waals surface area contributed by atoms with E-state index in [1.54, 1.807) is 36.5 Å². The molecule has 0 unspecified atom stereocenters. The number of aromatic nitrogens is 1. The Balaban J connectivity index is 2.02. The number of fused-ring (bicyclic) bond motifs is 3. The summed E-state index contributed by atoms with van der Waals surface area (Å²) in [6, 6.07) is 10.7. The summed E-state index contributed by atoms with van der Waals surface area (Å²) in [4.78, 5) is 4.35. The monoisotopic (exact) mass is 368 g/mol. The van der Waals surface area contributed by atoms with Gasteiger partial charge in [0, 0.05) is 32.2 Å². The first-order chi connectivity index (χ1) is 17.1. The van der Waals surface area contributed by atoms with Gasteiger partial charge in [0.05, 0.1) is 24.2 Å². The molecule has 2 aromatic heterocycles. The Morgan fingerprint density at radius 3 is 2.68 bits per heavy atom. The Hall–Kier alpha value is -3.90. The van der Waals surface area contributed by atoms with Gasteiger partial charge in [-0.2, -0.15) is 5.26 Å². The number of nitrogens with zero attached hydrogens (tertiary/aromatic N) is 2. The van der Waals surface area contributed by atoms with Crippen molar-refractivity contribution in [3.8, 4) is 28.5 Å². The summed E-state index contributed by atoms with van der Waals surface area (Å²) >= 11 is 0. The third kappa shape index (κ3) is 2.39. The lowest BCUT2D eigenvalue weighted by molar-refractivity contribution is 0.670. The molecule has 0 bridgehead atoms. The van der Waals surface area contributed by atoms with Crippen molar-refractivity contribution in [1.29, 1.82) is 5.26 Å². The van der Waals surface area contributed by atoms with Crippen molar-refractivity contribution in [3.63, 3.8) is 0 Å². The maximum Gasteiger partial charge on any atom is 0.145 e. The van der Waals surface area contributed by atoms with E-state index in [4.69, 9.17) is 15.4 Å². The number of nitriles is 1. The molecular formula is C25H16N2O. The Bertz CT molecular complexity index is 1700. The van der Waals surface area contributed by atoms with E-state index in [1.807, 2.05) is 6.07 Å². The van der Waals surface area contributed by atoms with Crippen molar-refractivity contribution >= 4 is 21.9 Å². The van der Waals surface area contributed by atoms with Crippen molar-refractivity contribution in [2.24, 2.45) is 0 Å². The second-order valence-electron chi connectivity index (χ2n) is 6.16. The van der Waals surface area contributed by atoms with Crippen LogP contribution in [0.25, 0.3) is 44.3 Å². The number of furan rings is 1. The molecule has 5 aromatic rings. The minimum Gasteiger partial charge on any atom is -0.455 e. The lowest BCUT2D eigenvalue weighted by atomic mass is 9.96. The molecule has 0 fully saturated rings. The van der Waals surface area contributed by atoms with Gasteiger partial charge in [-0.05, 0) is 48.3 Å². The molecule has 28 heavy (non-hydrogen) atoms. The molecule has 0 atom stereocenters. The average Bonchev–Trinajstić information content (AvgIpc) is 3.25. The lowest BCUT2D eigenvalue weighted by Gasteiger charge is -2.05. The molecule has 0 aliphatic carbocycles. The van der Waals surface area contributed by atoms with E-state index < -0.39 is 37.1 Å². The quantitative estimate of drug-likeness (QED) is 0.357. The van der Waals surface area contributed by atoms with Crippen molar-refractivity contribution in [3.05, 3.63) is 90.0 Å². The van der Waals surface area contributed by atoms with Crippen LogP contribution in [0.4, 0.5) is 0 Å². The molecular weight excluding hydrogens is 344 g/mol. The van der Waals surface area contributed by atoms with Crippen LogP contribution < -0.4 is 0 Å². The molecule has 5 rings (SSSR count). The highest BCUT2D eigenvalue weighted by Gasteiger charge is 2.20. The predicted molar refractivity (Wildman–Crippen MR) is 112 cm³/mol. The van der Waals surface area contributed by atoms with Crippen LogP contribution in [-0.2, 0) is 0 Å². The van der Waals surface area contributed by atoms with Crippen molar-refractivity contribution in [1.82, 2.24) is 4.98 Å². The number of pyridine rings is 1. The minimum atomic E-state index is -2.50. The SMILES string of the molecule is [2H]c1c([2H])c([2H])c(-c2c(C#N)ccc3c2oc2c(-c4ccccn4)ccc(C([2H])([2H])[2H])c23)c([2H])c1[2H]. The van der Waals surface area contributed by atoms with Gasteiger partial charge in [-0.15, -0.1) is 0 Å². The predicted octanol–water partition coefficient (Wildman–Crippen LogP) is 6.50. The van der Waals surface area contributed by atoms with Gasteiger partial charge >= 0.3 is 0 Å². The van der Waals surface area contributed by atoms with E-state index in [9.17, 15) is 5.26 Å². The van der Waals surface area contributed by atoms with Gasteiger partial charge in [0.1, 0.15) is 11.2 Å². The highest BCUT2D eigenvalue weighted by Crippen LogP contribution is 2.42. The standard InChI is InChI=1S/C25H16N2O/c1-16-10-12-19(21-9-5-6-14-27-21)24-22(16)20-13-11-18(15-26)23(25(20)28-24)17-7-3-2-4-8-17/h2-14H,1H3/i1D3,2D,3D,4D,7D,8D. The molecule has 0 aliphatic heterocycles. The molecule has 0 N–H and O–H groups in total. The zero-order chi connectivity index (χ0) is 25.9. The fourth-order valence-corrected chi connectivity index (χ4v) is 3.38. The number of benzene rings is 3. The Morgan fingerprint density at radius 2 is 1.93 bits per heavy atom. The van der Waals surface area contributed by atoms with Crippen LogP contribution in [0.1, 0.15) is 22.1 Å². The molecule has 2 heterocycles. The van der Waals surface area contributed by atoms with Gasteiger partial charge < -0.3 is 4.42 Å². The number of rotatable bonds is 2. The van der Waals surface area contributed by atoms with Crippen LogP contribution in [0.15, 0.2) is 83.3 Å². The molecule has 132 valence electrons. The molecule has 0 radical (unpaired) electrons. The summed E-state index contributed by atoms with van der Waals surface area (Å²) in [7, 11) is 0. The number of aryl methyl sites for hydroxylation is 1. The van der Waals surface area contributed by atoms with Crippen LogP contribution in [0.2, 0.25) is 0 Å². The van der Waals surface area contributed by atoms with Gasteiger partial charge in [0.25, 0.3) is 0 Å². The zero-order valence-electron chi connectivity index (χ0n) is 22.4. The smallest absolute Gasteiger partial charge is 0.145 e. The normalized spacial score (nSPS) is 15.5. The first kappa shape index (κ1) is 9.87. The molecule has 0 spiro atoms. The third-order valence-corrected chi connectivity index (χ3v) is 4.60. The lowest BCUT2D eigenvalue weighted by Crippen LogP contribution is -1.85. The molecule has 0 saturated carbocycles. The first-order valence-electron chi connectivity index (χ1n) is 12.5.